The Morgan fingerprint density at radius 3 is 2.57 bits per heavy atom. The van der Waals surface area contributed by atoms with Crippen molar-refractivity contribution in [3.05, 3.63) is 78.6 Å². The predicted molar refractivity (Wildman–Crippen MR) is 121 cm³/mol. The number of esters is 1. The minimum absolute atomic E-state index is 0. The van der Waals surface area contributed by atoms with Crippen LogP contribution in [0.1, 0.15) is 24.0 Å². The molecule has 5 heterocycles. The number of anilines is 1. The van der Waals surface area contributed by atoms with Gasteiger partial charge in [-0.3, -0.25) is 9.78 Å². The molecule has 0 saturated carbocycles. The van der Waals surface area contributed by atoms with E-state index in [-0.39, 0.29) is 41.5 Å². The molecule has 1 unspecified atom stereocenters. The Bertz CT molecular complexity index is 1140. The smallest absolute Gasteiger partial charge is 0.348 e. The van der Waals surface area contributed by atoms with Crippen molar-refractivity contribution in [2.45, 2.75) is 24.5 Å². The van der Waals surface area contributed by atoms with Gasteiger partial charge in [-0.2, -0.15) is 0 Å². The van der Waals surface area contributed by atoms with Gasteiger partial charge >= 0.3 is 5.97 Å². The highest BCUT2D eigenvalue weighted by molar-refractivity contribution is 5.90. The molecule has 3 aliphatic rings. The molecule has 0 aliphatic carbocycles. The Kier molecular flexibility index (Phi) is 7.34. The van der Waals surface area contributed by atoms with Gasteiger partial charge in [0.1, 0.15) is 6.54 Å². The summed E-state index contributed by atoms with van der Waals surface area (Å²) in [6.45, 7) is 2.48. The summed E-state index contributed by atoms with van der Waals surface area (Å²) in [5.41, 5.74) is -1.25. The molecule has 0 radical (unpaired) electrons. The highest BCUT2D eigenvalue weighted by Gasteiger charge is 2.51. The lowest BCUT2D eigenvalue weighted by Gasteiger charge is -2.51. The van der Waals surface area contributed by atoms with Gasteiger partial charge in [-0.15, -0.1) is 0 Å². The number of nitrogens with one attached hydrogen (secondary N) is 1. The van der Waals surface area contributed by atoms with E-state index >= 15 is 0 Å². The first kappa shape index (κ1) is 25.0. The number of aliphatic hydroxyl groups is 1. The number of carbonyl (C=O) groups is 2. The number of quaternary nitrogens is 1. The van der Waals surface area contributed by atoms with Crippen LogP contribution in [0.4, 0.5) is 5.82 Å². The van der Waals surface area contributed by atoms with Crippen LogP contribution in [-0.4, -0.2) is 63.7 Å². The summed E-state index contributed by atoms with van der Waals surface area (Å²) in [5, 5.41) is 14.4. The lowest BCUT2D eigenvalue weighted by atomic mass is 9.82. The standard InChI is InChI=1S/C25H26N4O5.BrH/c30-23(28-22-14-26-9-10-27-22)16-29-11-6-18(7-12-29)21(15-29)34-24(31)25(32,20-8-13-33-17-20)19-4-2-1-3-5-19;/h1-5,8-10,13-14,17-18,21,32H,6-7,11-12,15-16H2;1H/t18?,21?,25-,29?;/m1./s1. The van der Waals surface area contributed by atoms with E-state index in [1.807, 2.05) is 6.07 Å². The largest absolute Gasteiger partial charge is 1.00 e. The molecule has 2 atom stereocenters. The topological polar surface area (TPSA) is 115 Å². The zero-order valence-corrected chi connectivity index (χ0v) is 20.6. The first-order chi connectivity index (χ1) is 16.5. The highest BCUT2D eigenvalue weighted by Crippen LogP contribution is 2.38. The fourth-order valence-corrected chi connectivity index (χ4v) is 5.20. The van der Waals surface area contributed by atoms with Crippen LogP contribution in [-0.2, 0) is 19.9 Å². The van der Waals surface area contributed by atoms with Crippen LogP contribution in [0.15, 0.2) is 71.9 Å². The summed E-state index contributed by atoms with van der Waals surface area (Å²) in [5.74, 6) is -0.267. The third-order valence-electron chi connectivity index (χ3n) is 7.04. The number of hydrogen-bond donors (Lipinski definition) is 2. The van der Waals surface area contributed by atoms with Crippen molar-refractivity contribution in [2.75, 3.05) is 31.5 Å². The molecule has 184 valence electrons. The van der Waals surface area contributed by atoms with Crippen LogP contribution in [0.3, 0.4) is 0 Å². The number of benzene rings is 1. The Hall–Kier alpha value is -3.08. The summed E-state index contributed by atoms with van der Waals surface area (Å²) >= 11 is 0. The van der Waals surface area contributed by atoms with Gasteiger partial charge in [0.05, 0.1) is 31.8 Å². The number of furan rings is 1. The number of nitrogens with zero attached hydrogens (tertiary/aromatic N) is 3. The van der Waals surface area contributed by atoms with E-state index in [9.17, 15) is 14.7 Å². The van der Waals surface area contributed by atoms with Gasteiger partial charge in [-0.25, -0.2) is 9.78 Å². The zero-order valence-electron chi connectivity index (χ0n) is 19.0. The molecule has 3 saturated heterocycles. The Morgan fingerprint density at radius 2 is 1.91 bits per heavy atom. The van der Waals surface area contributed by atoms with E-state index in [4.69, 9.17) is 9.15 Å². The normalized spacial score (nSPS) is 24.6. The number of rotatable bonds is 7. The number of amides is 1. The number of carbonyl (C=O) groups excluding carboxylic acids is 2. The quantitative estimate of drug-likeness (QED) is 0.293. The summed E-state index contributed by atoms with van der Waals surface area (Å²) in [6, 6.07) is 10.3. The fraction of sp³-hybridized carbons (Fsp3) is 0.360. The number of fused-ring (bicyclic) bond motifs is 3. The van der Waals surface area contributed by atoms with E-state index in [1.165, 1.54) is 24.9 Å². The second-order valence-corrected chi connectivity index (χ2v) is 9.14. The van der Waals surface area contributed by atoms with Crippen molar-refractivity contribution in [1.82, 2.24) is 9.97 Å². The van der Waals surface area contributed by atoms with Crippen molar-refractivity contribution >= 4 is 17.7 Å². The fourth-order valence-electron chi connectivity index (χ4n) is 5.20. The molecule has 1 aromatic carbocycles. The van der Waals surface area contributed by atoms with E-state index in [2.05, 4.69) is 15.3 Å². The van der Waals surface area contributed by atoms with Crippen LogP contribution in [0.2, 0.25) is 0 Å². The number of hydrogen-bond acceptors (Lipinski definition) is 7. The summed E-state index contributed by atoms with van der Waals surface area (Å²) in [6.07, 6.45) is 8.67. The predicted octanol–water partition coefficient (Wildman–Crippen LogP) is -0.900. The molecule has 2 bridgehead atoms. The average Bonchev–Trinajstić information content (AvgIpc) is 3.40. The van der Waals surface area contributed by atoms with Crippen molar-refractivity contribution in [1.29, 1.82) is 0 Å². The highest BCUT2D eigenvalue weighted by atomic mass is 79.9. The molecular weight excluding hydrogens is 516 g/mol. The second-order valence-electron chi connectivity index (χ2n) is 9.14. The zero-order chi connectivity index (χ0) is 23.6. The van der Waals surface area contributed by atoms with Crippen LogP contribution in [0, 0.1) is 5.92 Å². The van der Waals surface area contributed by atoms with Crippen LogP contribution < -0.4 is 22.3 Å². The van der Waals surface area contributed by atoms with Gasteiger partial charge in [0.2, 0.25) is 5.60 Å². The first-order valence-corrected chi connectivity index (χ1v) is 11.4. The third kappa shape index (κ3) is 5.00. The van der Waals surface area contributed by atoms with E-state index in [1.54, 1.807) is 36.5 Å². The SMILES string of the molecule is O=C(C[N+]12CCC(CC1)C(OC(=O)[C@@](O)(c1ccccc1)c1ccoc1)C2)Nc1cnccn1.[Br-]. The maximum atomic E-state index is 13.5. The Balaban J connectivity index is 0.00000289. The molecule has 2 N–H and O–H groups in total. The van der Waals surface area contributed by atoms with Crippen LogP contribution in [0.25, 0.3) is 0 Å². The third-order valence-corrected chi connectivity index (χ3v) is 7.04. The van der Waals surface area contributed by atoms with Gasteiger partial charge in [0.25, 0.3) is 5.91 Å². The molecular formula is C25H27BrN4O5. The molecule has 10 heteroatoms. The number of piperidine rings is 3. The first-order valence-electron chi connectivity index (χ1n) is 11.4. The summed E-state index contributed by atoms with van der Waals surface area (Å²) in [4.78, 5) is 34.3. The van der Waals surface area contributed by atoms with Crippen molar-refractivity contribution in [3.63, 3.8) is 0 Å². The molecule has 6 rings (SSSR count). The molecule has 1 amide bonds. The maximum Gasteiger partial charge on any atom is 0.348 e. The number of aromatic nitrogens is 2. The number of halogens is 1. The van der Waals surface area contributed by atoms with Gasteiger partial charge in [0.15, 0.2) is 18.5 Å². The van der Waals surface area contributed by atoms with Crippen LogP contribution in [0.5, 0.6) is 0 Å². The molecule has 2 aromatic heterocycles. The van der Waals surface area contributed by atoms with Crippen LogP contribution >= 0.6 is 0 Å². The van der Waals surface area contributed by atoms with Crippen molar-refractivity contribution < 1.29 is 45.3 Å². The lowest BCUT2D eigenvalue weighted by molar-refractivity contribution is -0.939. The minimum atomic E-state index is -1.98. The summed E-state index contributed by atoms with van der Waals surface area (Å²) in [7, 11) is 0. The van der Waals surface area contributed by atoms with Gasteiger partial charge in [-0.1, -0.05) is 30.3 Å². The lowest BCUT2D eigenvalue weighted by Crippen LogP contribution is -3.00. The van der Waals surface area contributed by atoms with Gasteiger partial charge in [-0.05, 0) is 11.6 Å². The molecule has 9 nitrogen and oxygen atoms in total. The molecule has 3 aromatic rings. The monoisotopic (exact) mass is 542 g/mol. The molecule has 3 fully saturated rings. The minimum Gasteiger partial charge on any atom is -1.00 e. The van der Waals surface area contributed by atoms with Crippen molar-refractivity contribution in [2.24, 2.45) is 5.92 Å². The van der Waals surface area contributed by atoms with E-state index < -0.39 is 11.6 Å². The van der Waals surface area contributed by atoms with E-state index in [0.29, 0.717) is 28.0 Å². The Morgan fingerprint density at radius 1 is 1.14 bits per heavy atom. The maximum absolute atomic E-state index is 13.5. The van der Waals surface area contributed by atoms with Gasteiger partial charge in [0, 0.05) is 36.7 Å². The molecule has 0 spiro atoms. The average molecular weight is 543 g/mol. The Labute approximate surface area is 213 Å². The van der Waals surface area contributed by atoms with E-state index in [0.717, 1.165) is 25.9 Å². The molecule has 35 heavy (non-hydrogen) atoms. The van der Waals surface area contributed by atoms with Crippen molar-refractivity contribution in [3.8, 4) is 0 Å². The van der Waals surface area contributed by atoms with Gasteiger partial charge < -0.3 is 41.0 Å². The number of ether oxygens (including phenoxy) is 1. The summed E-state index contributed by atoms with van der Waals surface area (Å²) < 4.78 is 11.7. The molecule has 3 aliphatic heterocycles. The second kappa shape index (κ2) is 10.3.